The molecule has 0 saturated carbocycles. The van der Waals surface area contributed by atoms with Crippen LogP contribution >= 0.6 is 15.9 Å². The van der Waals surface area contributed by atoms with Gasteiger partial charge >= 0.3 is 11.9 Å². The average molecular weight is 423 g/mol. The summed E-state index contributed by atoms with van der Waals surface area (Å²) in [5, 5.41) is 0. The van der Waals surface area contributed by atoms with Crippen molar-refractivity contribution in [3.63, 3.8) is 0 Å². The summed E-state index contributed by atoms with van der Waals surface area (Å²) in [5.74, 6) is -0.142. The number of ether oxygens (including phenoxy) is 4. The molecule has 2 aromatic carbocycles. The molecule has 26 heavy (non-hydrogen) atoms. The number of carbonyl (C=O) groups is 2. The zero-order valence-corrected chi connectivity index (χ0v) is 16.1. The fourth-order valence-electron chi connectivity index (χ4n) is 1.98. The van der Waals surface area contributed by atoms with E-state index in [9.17, 15) is 9.59 Å². The van der Waals surface area contributed by atoms with Crippen LogP contribution in [-0.4, -0.2) is 38.9 Å². The highest BCUT2D eigenvalue weighted by Gasteiger charge is 2.10. The molecule has 0 atom stereocenters. The molecule has 0 aliphatic heterocycles. The molecule has 7 heteroatoms. The van der Waals surface area contributed by atoms with Gasteiger partial charge in [-0.05, 0) is 64.8 Å². The van der Waals surface area contributed by atoms with Crippen LogP contribution < -0.4 is 9.47 Å². The van der Waals surface area contributed by atoms with Crippen LogP contribution in [-0.2, 0) is 14.3 Å². The van der Waals surface area contributed by atoms with Gasteiger partial charge < -0.3 is 18.9 Å². The molecule has 2 rings (SSSR count). The molecule has 0 aliphatic rings. The van der Waals surface area contributed by atoms with E-state index in [-0.39, 0.29) is 13.2 Å². The first-order chi connectivity index (χ1) is 12.5. The first-order valence-corrected chi connectivity index (χ1v) is 8.64. The second kappa shape index (κ2) is 9.94. The quantitative estimate of drug-likeness (QED) is 0.368. The predicted molar refractivity (Wildman–Crippen MR) is 98.6 cm³/mol. The summed E-state index contributed by atoms with van der Waals surface area (Å²) < 4.78 is 21.2. The highest BCUT2D eigenvalue weighted by atomic mass is 79.9. The molecule has 6 nitrogen and oxygen atoms in total. The standard InChI is InChI=1S/C19H19BrO6/c1-13-3-8-17(16(20)11-13)25-12-18(21)26-15-6-4-14(5-7-15)19(22)24-10-9-23-2/h3-8,11H,9-10,12H2,1-2H3. The number of halogens is 1. The third-order valence-corrected chi connectivity index (χ3v) is 3.89. The summed E-state index contributed by atoms with van der Waals surface area (Å²) in [6.07, 6.45) is 0. The molecular weight excluding hydrogens is 404 g/mol. The van der Waals surface area contributed by atoms with Crippen LogP contribution in [0.1, 0.15) is 15.9 Å². The monoisotopic (exact) mass is 422 g/mol. The van der Waals surface area contributed by atoms with Crippen molar-refractivity contribution in [2.75, 3.05) is 26.9 Å². The Labute approximate surface area is 160 Å². The van der Waals surface area contributed by atoms with Gasteiger partial charge in [0.2, 0.25) is 0 Å². The normalized spacial score (nSPS) is 10.3. The molecule has 138 valence electrons. The number of carbonyl (C=O) groups excluding carboxylic acids is 2. The molecule has 0 heterocycles. The van der Waals surface area contributed by atoms with E-state index in [1.807, 2.05) is 19.1 Å². The van der Waals surface area contributed by atoms with E-state index in [4.69, 9.17) is 18.9 Å². The van der Waals surface area contributed by atoms with Gasteiger partial charge in [0.05, 0.1) is 16.6 Å². The van der Waals surface area contributed by atoms with Crippen molar-refractivity contribution in [1.82, 2.24) is 0 Å². The number of esters is 2. The molecule has 0 unspecified atom stereocenters. The van der Waals surface area contributed by atoms with Crippen LogP contribution in [0.25, 0.3) is 0 Å². The Kier molecular flexibility index (Phi) is 7.62. The van der Waals surface area contributed by atoms with E-state index in [0.29, 0.717) is 23.7 Å². The van der Waals surface area contributed by atoms with Gasteiger partial charge in [-0.1, -0.05) is 6.07 Å². The topological polar surface area (TPSA) is 71.1 Å². The van der Waals surface area contributed by atoms with E-state index in [1.165, 1.54) is 31.4 Å². The highest BCUT2D eigenvalue weighted by molar-refractivity contribution is 9.10. The molecule has 0 N–H and O–H groups in total. The van der Waals surface area contributed by atoms with Crippen LogP contribution in [0.4, 0.5) is 0 Å². The van der Waals surface area contributed by atoms with Crippen LogP contribution in [0.3, 0.4) is 0 Å². The Bertz CT molecular complexity index is 757. The zero-order chi connectivity index (χ0) is 18.9. The third kappa shape index (κ3) is 6.16. The number of aryl methyl sites for hydroxylation is 1. The number of benzene rings is 2. The molecule has 0 bridgehead atoms. The van der Waals surface area contributed by atoms with Crippen molar-refractivity contribution in [1.29, 1.82) is 0 Å². The molecule has 0 radical (unpaired) electrons. The van der Waals surface area contributed by atoms with Crippen LogP contribution in [0.5, 0.6) is 11.5 Å². The minimum Gasteiger partial charge on any atom is -0.481 e. The lowest BCUT2D eigenvalue weighted by atomic mass is 10.2. The average Bonchev–Trinajstić information content (AvgIpc) is 2.61. The van der Waals surface area contributed by atoms with Crippen LogP contribution in [0.15, 0.2) is 46.9 Å². The summed E-state index contributed by atoms with van der Waals surface area (Å²) >= 11 is 3.38. The van der Waals surface area contributed by atoms with Crippen molar-refractivity contribution in [3.8, 4) is 11.5 Å². The predicted octanol–water partition coefficient (Wildman–Crippen LogP) is 3.55. The van der Waals surface area contributed by atoms with Gasteiger partial charge in [-0.25, -0.2) is 9.59 Å². The highest BCUT2D eigenvalue weighted by Crippen LogP contribution is 2.25. The fraction of sp³-hybridized carbons (Fsp3) is 0.263. The smallest absolute Gasteiger partial charge is 0.349 e. The molecule has 0 spiro atoms. The van der Waals surface area contributed by atoms with E-state index < -0.39 is 11.9 Å². The van der Waals surface area contributed by atoms with Crippen molar-refractivity contribution < 1.29 is 28.5 Å². The van der Waals surface area contributed by atoms with Crippen molar-refractivity contribution >= 4 is 27.9 Å². The minimum absolute atomic E-state index is 0.179. The van der Waals surface area contributed by atoms with Gasteiger partial charge in [0.1, 0.15) is 18.1 Å². The SMILES string of the molecule is COCCOC(=O)c1ccc(OC(=O)COc2ccc(C)cc2Br)cc1. The molecule has 0 fully saturated rings. The molecular formula is C19H19BrO6. The summed E-state index contributed by atoms with van der Waals surface area (Å²) in [6, 6.07) is 11.6. The van der Waals surface area contributed by atoms with E-state index >= 15 is 0 Å². The summed E-state index contributed by atoms with van der Waals surface area (Å²) in [4.78, 5) is 23.6. The number of hydrogen-bond acceptors (Lipinski definition) is 6. The van der Waals surface area contributed by atoms with Crippen LogP contribution in [0.2, 0.25) is 0 Å². The van der Waals surface area contributed by atoms with Gasteiger partial charge in [-0.2, -0.15) is 0 Å². The Hall–Kier alpha value is -2.38. The maximum absolute atomic E-state index is 11.9. The van der Waals surface area contributed by atoms with Crippen molar-refractivity contribution in [2.45, 2.75) is 6.92 Å². The van der Waals surface area contributed by atoms with E-state index in [0.717, 1.165) is 10.0 Å². The molecule has 0 aromatic heterocycles. The lowest BCUT2D eigenvalue weighted by molar-refractivity contribution is -0.136. The first kappa shape index (κ1) is 19.9. The summed E-state index contributed by atoms with van der Waals surface area (Å²) in [7, 11) is 1.53. The second-order valence-corrected chi connectivity index (χ2v) is 6.20. The Morgan fingerprint density at radius 3 is 2.42 bits per heavy atom. The molecule has 0 aliphatic carbocycles. The van der Waals surface area contributed by atoms with E-state index in [1.54, 1.807) is 6.07 Å². The van der Waals surface area contributed by atoms with E-state index in [2.05, 4.69) is 15.9 Å². The zero-order valence-electron chi connectivity index (χ0n) is 14.5. The summed E-state index contributed by atoms with van der Waals surface area (Å²) in [5.41, 5.74) is 1.44. The minimum atomic E-state index is -0.548. The molecule has 0 amide bonds. The second-order valence-electron chi connectivity index (χ2n) is 5.35. The lowest BCUT2D eigenvalue weighted by Crippen LogP contribution is -2.18. The number of hydrogen-bond donors (Lipinski definition) is 0. The molecule has 0 saturated heterocycles. The van der Waals surface area contributed by atoms with Gasteiger partial charge in [0.15, 0.2) is 6.61 Å². The largest absolute Gasteiger partial charge is 0.481 e. The number of methoxy groups -OCH3 is 1. The Balaban J connectivity index is 1.84. The summed E-state index contributed by atoms with van der Waals surface area (Å²) in [6.45, 7) is 2.23. The Morgan fingerprint density at radius 2 is 1.77 bits per heavy atom. The first-order valence-electron chi connectivity index (χ1n) is 7.85. The maximum Gasteiger partial charge on any atom is 0.349 e. The maximum atomic E-state index is 11.9. The van der Waals surface area contributed by atoms with Gasteiger partial charge in [-0.15, -0.1) is 0 Å². The lowest BCUT2D eigenvalue weighted by Gasteiger charge is -2.09. The van der Waals surface area contributed by atoms with Gasteiger partial charge in [0, 0.05) is 7.11 Å². The van der Waals surface area contributed by atoms with Crippen molar-refractivity contribution in [2.24, 2.45) is 0 Å². The van der Waals surface area contributed by atoms with Gasteiger partial charge in [0.25, 0.3) is 0 Å². The van der Waals surface area contributed by atoms with Crippen LogP contribution in [0, 0.1) is 6.92 Å². The number of rotatable bonds is 8. The fourth-order valence-corrected chi connectivity index (χ4v) is 2.59. The molecule has 2 aromatic rings. The Morgan fingerprint density at radius 1 is 1.04 bits per heavy atom. The van der Waals surface area contributed by atoms with Crippen molar-refractivity contribution in [3.05, 3.63) is 58.1 Å². The van der Waals surface area contributed by atoms with Gasteiger partial charge in [-0.3, -0.25) is 0 Å². The third-order valence-electron chi connectivity index (χ3n) is 3.28.